The molecule has 22 nitrogen and oxygen atoms in total. The zero-order chi connectivity index (χ0) is 27.5. The molecule has 0 fully saturated rings. The third-order valence-corrected chi connectivity index (χ3v) is 4.58. The Balaban J connectivity index is 2.59. The summed E-state index contributed by atoms with van der Waals surface area (Å²) >= 11 is 0. The molecule has 0 amide bonds. The predicted molar refractivity (Wildman–Crippen MR) is 117 cm³/mol. The van der Waals surface area contributed by atoms with E-state index in [0.29, 0.717) is 24.3 Å². The van der Waals surface area contributed by atoms with E-state index in [2.05, 4.69) is 0 Å². The molecule has 0 saturated carbocycles. The molecule has 22 heteroatoms. The van der Waals surface area contributed by atoms with E-state index in [1.54, 1.807) is 0 Å². The second-order valence-electron chi connectivity index (χ2n) is 6.48. The molecule has 0 radical (unpaired) electrons. The van der Waals surface area contributed by atoms with Gasteiger partial charge in [-0.05, 0) is 12.1 Å². The number of hydrogen-bond acceptors (Lipinski definition) is 14. The van der Waals surface area contributed by atoms with Crippen molar-refractivity contribution in [2.24, 2.45) is 0 Å². The van der Waals surface area contributed by atoms with Crippen LogP contribution in [-0.2, 0) is 0 Å². The molecule has 0 spiro atoms. The number of nitro groups is 6. The van der Waals surface area contributed by atoms with Crippen molar-refractivity contribution >= 4 is 45.5 Å². The number of benzene rings is 2. The molecule has 36 heavy (non-hydrogen) atoms. The van der Waals surface area contributed by atoms with E-state index >= 15 is 0 Å². The largest absolute Gasteiger partial charge is 0.387 e. The van der Waals surface area contributed by atoms with E-state index in [0.717, 1.165) is 0 Å². The molecule has 0 atom stereocenters. The number of hydrogen-bond donors (Lipinski definition) is 2. The van der Waals surface area contributed by atoms with E-state index in [9.17, 15) is 60.7 Å². The number of nitrogen functional groups attached to an aromatic ring is 2. The van der Waals surface area contributed by atoms with E-state index in [1.807, 2.05) is 0 Å². The predicted octanol–water partition coefficient (Wildman–Crippen LogP) is 1.18. The maximum atomic E-state index is 11.6. The van der Waals surface area contributed by atoms with Crippen LogP contribution in [0.2, 0.25) is 0 Å². The molecular weight excluding hydrogens is 500 g/mol. The van der Waals surface area contributed by atoms with Gasteiger partial charge in [0.15, 0.2) is 32.8 Å². The van der Waals surface area contributed by atoms with Crippen LogP contribution >= 0.6 is 0 Å². The Bertz CT molecular complexity index is 1210. The Kier molecular flexibility index (Phi) is 7.23. The first-order valence-corrected chi connectivity index (χ1v) is 8.96. The summed E-state index contributed by atoms with van der Waals surface area (Å²) in [6.07, 6.45) is 0. The van der Waals surface area contributed by atoms with Crippen LogP contribution in [-0.4, -0.2) is 42.8 Å². The fourth-order valence-corrected chi connectivity index (χ4v) is 3.06. The van der Waals surface area contributed by atoms with Crippen LogP contribution in [0.15, 0.2) is 24.3 Å². The van der Waals surface area contributed by atoms with Gasteiger partial charge >= 0.3 is 11.4 Å². The van der Waals surface area contributed by atoms with Gasteiger partial charge < -0.3 is 11.5 Å². The van der Waals surface area contributed by atoms with Crippen molar-refractivity contribution in [1.82, 2.24) is 0 Å². The highest BCUT2D eigenvalue weighted by molar-refractivity contribution is 5.83. The summed E-state index contributed by atoms with van der Waals surface area (Å²) in [5.74, 6) is 0. The van der Waals surface area contributed by atoms with Gasteiger partial charge in [0.05, 0.1) is 19.7 Å². The second kappa shape index (κ2) is 9.89. The van der Waals surface area contributed by atoms with Gasteiger partial charge in [0, 0.05) is 12.1 Å². The molecule has 4 N–H and O–H groups in total. The summed E-state index contributed by atoms with van der Waals surface area (Å²) in [7, 11) is 0. The van der Waals surface area contributed by atoms with Gasteiger partial charge in [-0.25, -0.2) is 20.2 Å². The Morgan fingerprint density at radius 1 is 0.556 bits per heavy atom. The summed E-state index contributed by atoms with van der Waals surface area (Å²) in [6, 6.07) is 2.53. The zero-order valence-electron chi connectivity index (χ0n) is 17.4. The third-order valence-electron chi connectivity index (χ3n) is 4.58. The average Bonchev–Trinajstić information content (AvgIpc) is 2.74. The number of nitrogens with two attached hydrogens (primary N) is 2. The highest BCUT2D eigenvalue weighted by atomic mass is 16.7. The van der Waals surface area contributed by atoms with Crippen LogP contribution < -0.4 is 21.5 Å². The van der Waals surface area contributed by atoms with Crippen molar-refractivity contribution < 1.29 is 29.8 Å². The Labute approximate surface area is 195 Å². The molecule has 0 aromatic heterocycles. The van der Waals surface area contributed by atoms with Gasteiger partial charge in [-0.3, -0.25) is 40.5 Å². The molecular formula is C14H12N10O12. The minimum absolute atomic E-state index is 0.00923. The van der Waals surface area contributed by atoms with Crippen LogP contribution in [0, 0.1) is 60.7 Å². The lowest BCUT2D eigenvalue weighted by molar-refractivity contribution is -0.506. The van der Waals surface area contributed by atoms with Crippen molar-refractivity contribution in [2.75, 3.05) is 34.6 Å². The van der Waals surface area contributed by atoms with Gasteiger partial charge in [0.25, 0.3) is 11.4 Å². The van der Waals surface area contributed by atoms with Gasteiger partial charge in [0.1, 0.15) is 13.1 Å². The fraction of sp³-hybridized carbons (Fsp3) is 0.143. The van der Waals surface area contributed by atoms with E-state index in [4.69, 9.17) is 11.5 Å². The molecule has 2 aromatic carbocycles. The third kappa shape index (κ3) is 4.85. The van der Waals surface area contributed by atoms with Gasteiger partial charge in [-0.2, -0.15) is 0 Å². The molecule has 2 aromatic rings. The van der Waals surface area contributed by atoms with Gasteiger partial charge in [0.2, 0.25) is 0 Å². The lowest BCUT2D eigenvalue weighted by Gasteiger charge is -2.18. The standard InChI is InChI=1S/C14H12N10O12/c15-11-7(19(25)26)1-3-9(13(11)21(29)30)17(23(33)34)5-6-18(24(35)36)10-4-2-8(20(27)28)12(16)14(10)22(31)32/h1-4H,5-6,15-16H2. The highest BCUT2D eigenvalue weighted by Gasteiger charge is 2.38. The molecule has 0 aliphatic carbocycles. The molecule has 190 valence electrons. The molecule has 0 unspecified atom stereocenters. The van der Waals surface area contributed by atoms with Crippen molar-refractivity contribution in [3.8, 4) is 0 Å². The Morgan fingerprint density at radius 2 is 0.861 bits per heavy atom. The van der Waals surface area contributed by atoms with Crippen LogP contribution in [0.4, 0.5) is 45.5 Å². The minimum Gasteiger partial charge on any atom is -0.387 e. The minimum atomic E-state index is -1.24. The molecule has 0 saturated heterocycles. The number of nitrogens with zero attached hydrogens (tertiary/aromatic N) is 8. The number of nitro benzene ring substituents is 4. The van der Waals surface area contributed by atoms with Crippen molar-refractivity contribution in [3.63, 3.8) is 0 Å². The molecule has 0 aliphatic heterocycles. The van der Waals surface area contributed by atoms with Crippen LogP contribution in [0.25, 0.3) is 0 Å². The SMILES string of the molecule is Nc1c([N+](=O)[O-])ccc(N(CCN(c2ccc([N+](=O)[O-])c(N)c2[N+](=O)[O-])[N+](=O)[O-])[N+](=O)[O-])c1[N+](=O)[O-]. The van der Waals surface area contributed by atoms with E-state index in [-0.39, 0.29) is 10.0 Å². The first kappa shape index (κ1) is 26.3. The quantitative estimate of drug-likeness (QED) is 0.242. The van der Waals surface area contributed by atoms with Gasteiger partial charge in [-0.1, -0.05) is 10.0 Å². The van der Waals surface area contributed by atoms with Crippen molar-refractivity contribution in [2.45, 2.75) is 0 Å². The maximum Gasteiger partial charge on any atom is 0.328 e. The normalized spacial score (nSPS) is 10.3. The first-order valence-electron chi connectivity index (χ1n) is 8.96. The van der Waals surface area contributed by atoms with Crippen LogP contribution in [0.5, 0.6) is 0 Å². The molecule has 0 bridgehead atoms. The molecule has 0 aliphatic rings. The summed E-state index contributed by atoms with van der Waals surface area (Å²) < 4.78 is 0. The number of hydrazine groups is 2. The summed E-state index contributed by atoms with van der Waals surface area (Å²) in [5, 5.41) is 65.7. The zero-order valence-corrected chi connectivity index (χ0v) is 17.4. The summed E-state index contributed by atoms with van der Waals surface area (Å²) in [4.78, 5) is 63.5. The average molecular weight is 512 g/mol. The molecule has 0 heterocycles. The topological polar surface area (TPSA) is 317 Å². The van der Waals surface area contributed by atoms with E-state index < -0.39 is 88.3 Å². The first-order chi connectivity index (χ1) is 16.7. The second-order valence-corrected chi connectivity index (χ2v) is 6.48. The smallest absolute Gasteiger partial charge is 0.328 e. The number of rotatable bonds is 11. The monoisotopic (exact) mass is 512 g/mol. The summed E-state index contributed by atoms with van der Waals surface area (Å²) in [5.41, 5.74) is 2.71. The van der Waals surface area contributed by atoms with E-state index in [1.165, 1.54) is 0 Å². The Hall–Kier alpha value is -5.96. The Morgan fingerprint density at radius 3 is 1.08 bits per heavy atom. The van der Waals surface area contributed by atoms with Crippen LogP contribution in [0.1, 0.15) is 0 Å². The van der Waals surface area contributed by atoms with Crippen molar-refractivity contribution in [3.05, 3.63) is 85.0 Å². The van der Waals surface area contributed by atoms with Crippen molar-refractivity contribution in [1.29, 1.82) is 0 Å². The fourth-order valence-electron chi connectivity index (χ4n) is 3.06. The summed E-state index contributed by atoms with van der Waals surface area (Å²) in [6.45, 7) is -2.11. The molecule has 2 rings (SSSR count). The maximum absolute atomic E-state index is 11.6. The van der Waals surface area contributed by atoms with Crippen LogP contribution in [0.3, 0.4) is 0 Å². The lowest BCUT2D eigenvalue weighted by atomic mass is 10.2. The lowest BCUT2D eigenvalue weighted by Crippen LogP contribution is -2.41. The number of anilines is 4. The highest BCUT2D eigenvalue weighted by Crippen LogP contribution is 2.41. The van der Waals surface area contributed by atoms with Gasteiger partial charge in [-0.15, -0.1) is 0 Å².